The summed E-state index contributed by atoms with van der Waals surface area (Å²) < 4.78 is 7.20. The maximum Gasteiger partial charge on any atom is 0.119 e. The summed E-state index contributed by atoms with van der Waals surface area (Å²) in [6, 6.07) is 7.56. The van der Waals surface area contributed by atoms with Gasteiger partial charge in [0.25, 0.3) is 0 Å². The number of aliphatic hydroxyl groups excluding tert-OH is 1. The molecular formula is C15H20N2O2. The molecule has 1 N–H and O–H groups in total. The molecule has 0 fully saturated rings. The Bertz CT molecular complexity index is 549. The van der Waals surface area contributed by atoms with Gasteiger partial charge in [-0.05, 0) is 31.0 Å². The van der Waals surface area contributed by atoms with Crippen molar-refractivity contribution >= 4 is 0 Å². The number of aliphatic hydroxyl groups is 1. The van der Waals surface area contributed by atoms with Crippen LogP contribution in [0.2, 0.25) is 0 Å². The first-order chi connectivity index (χ1) is 9.15. The lowest BCUT2D eigenvalue weighted by atomic mass is 10.0. The van der Waals surface area contributed by atoms with Gasteiger partial charge in [0.05, 0.1) is 12.3 Å². The molecular weight excluding hydrogens is 240 g/mol. The second-order valence-corrected chi connectivity index (χ2v) is 4.47. The molecule has 0 aliphatic rings. The topological polar surface area (TPSA) is 47.3 Å². The zero-order valence-electron chi connectivity index (χ0n) is 11.6. The van der Waals surface area contributed by atoms with Crippen molar-refractivity contribution in [3.05, 3.63) is 47.3 Å². The third kappa shape index (κ3) is 2.96. The fourth-order valence-electron chi connectivity index (χ4n) is 2.18. The number of ether oxygens (including phenoxy) is 1. The quantitative estimate of drug-likeness (QED) is 0.898. The molecule has 0 aliphatic carbocycles. The van der Waals surface area contributed by atoms with E-state index in [1.165, 1.54) is 0 Å². The minimum absolute atomic E-state index is 0.618. The summed E-state index contributed by atoms with van der Waals surface area (Å²) >= 11 is 0. The van der Waals surface area contributed by atoms with Crippen molar-refractivity contribution in [2.75, 3.05) is 6.61 Å². The predicted molar refractivity (Wildman–Crippen MR) is 74.3 cm³/mol. The highest BCUT2D eigenvalue weighted by molar-refractivity contribution is 5.36. The summed E-state index contributed by atoms with van der Waals surface area (Å²) in [6.45, 7) is 4.60. The Labute approximate surface area is 113 Å². The first-order valence-electron chi connectivity index (χ1n) is 6.59. The SMILES string of the molecule is CCOc1cccc(C(O)c2cn(C)nc2CC)c1. The third-order valence-corrected chi connectivity index (χ3v) is 3.05. The third-order valence-electron chi connectivity index (χ3n) is 3.05. The molecule has 1 heterocycles. The number of hydrogen-bond acceptors (Lipinski definition) is 3. The lowest BCUT2D eigenvalue weighted by molar-refractivity contribution is 0.218. The first kappa shape index (κ1) is 13.6. The van der Waals surface area contributed by atoms with Crippen LogP contribution in [0.3, 0.4) is 0 Å². The molecule has 0 amide bonds. The second-order valence-electron chi connectivity index (χ2n) is 4.47. The van der Waals surface area contributed by atoms with E-state index in [0.29, 0.717) is 6.61 Å². The predicted octanol–water partition coefficient (Wildman–Crippen LogP) is 2.46. The molecule has 0 saturated heterocycles. The maximum absolute atomic E-state index is 10.5. The number of nitrogens with zero attached hydrogens (tertiary/aromatic N) is 2. The normalized spacial score (nSPS) is 12.4. The molecule has 0 radical (unpaired) electrons. The average molecular weight is 260 g/mol. The van der Waals surface area contributed by atoms with Crippen LogP contribution in [0.25, 0.3) is 0 Å². The molecule has 102 valence electrons. The molecule has 0 bridgehead atoms. The van der Waals surface area contributed by atoms with Crippen molar-refractivity contribution in [3.8, 4) is 5.75 Å². The highest BCUT2D eigenvalue weighted by atomic mass is 16.5. The number of benzene rings is 1. The van der Waals surface area contributed by atoms with Crippen LogP contribution >= 0.6 is 0 Å². The largest absolute Gasteiger partial charge is 0.494 e. The van der Waals surface area contributed by atoms with Crippen molar-refractivity contribution in [1.29, 1.82) is 0 Å². The van der Waals surface area contributed by atoms with E-state index >= 15 is 0 Å². The van der Waals surface area contributed by atoms with Crippen LogP contribution in [0.4, 0.5) is 0 Å². The molecule has 2 aromatic rings. The lowest BCUT2D eigenvalue weighted by Crippen LogP contribution is -2.02. The van der Waals surface area contributed by atoms with Crippen LogP contribution in [-0.4, -0.2) is 21.5 Å². The maximum atomic E-state index is 10.5. The van der Waals surface area contributed by atoms with E-state index in [2.05, 4.69) is 5.10 Å². The number of aromatic nitrogens is 2. The molecule has 0 aliphatic heterocycles. The number of aryl methyl sites for hydroxylation is 2. The molecule has 2 rings (SSSR count). The van der Waals surface area contributed by atoms with E-state index < -0.39 is 6.10 Å². The fourth-order valence-corrected chi connectivity index (χ4v) is 2.18. The number of hydrogen-bond donors (Lipinski definition) is 1. The standard InChI is InChI=1S/C15H20N2O2/c1-4-14-13(10-17(3)16-14)15(18)11-7-6-8-12(9-11)19-5-2/h6-10,15,18H,4-5H2,1-3H3. The van der Waals surface area contributed by atoms with Crippen LogP contribution in [0.5, 0.6) is 5.75 Å². The van der Waals surface area contributed by atoms with Gasteiger partial charge in [-0.25, -0.2) is 0 Å². The minimum Gasteiger partial charge on any atom is -0.494 e. The Morgan fingerprint density at radius 2 is 2.16 bits per heavy atom. The van der Waals surface area contributed by atoms with Gasteiger partial charge in [-0.3, -0.25) is 4.68 Å². The molecule has 1 atom stereocenters. The highest BCUT2D eigenvalue weighted by Crippen LogP contribution is 2.27. The summed E-state index contributed by atoms with van der Waals surface area (Å²) in [6.07, 6.45) is 2.01. The van der Waals surface area contributed by atoms with Gasteiger partial charge in [-0.2, -0.15) is 5.10 Å². The van der Waals surface area contributed by atoms with E-state index in [-0.39, 0.29) is 0 Å². The van der Waals surface area contributed by atoms with Gasteiger partial charge in [0, 0.05) is 18.8 Å². The van der Waals surface area contributed by atoms with Crippen molar-refractivity contribution in [1.82, 2.24) is 9.78 Å². The Hall–Kier alpha value is -1.81. The van der Waals surface area contributed by atoms with Gasteiger partial charge in [-0.1, -0.05) is 19.1 Å². The minimum atomic E-state index is -0.663. The molecule has 1 unspecified atom stereocenters. The Morgan fingerprint density at radius 1 is 1.37 bits per heavy atom. The number of rotatable bonds is 5. The van der Waals surface area contributed by atoms with E-state index in [9.17, 15) is 5.11 Å². The van der Waals surface area contributed by atoms with E-state index in [4.69, 9.17) is 4.74 Å². The molecule has 19 heavy (non-hydrogen) atoms. The van der Waals surface area contributed by atoms with Crippen LogP contribution < -0.4 is 4.74 Å². The summed E-state index contributed by atoms with van der Waals surface area (Å²) in [5.74, 6) is 0.779. The summed E-state index contributed by atoms with van der Waals surface area (Å²) in [5, 5.41) is 14.9. The van der Waals surface area contributed by atoms with E-state index in [0.717, 1.165) is 29.0 Å². The Kier molecular flexibility index (Phi) is 4.22. The van der Waals surface area contributed by atoms with Crippen LogP contribution in [-0.2, 0) is 13.5 Å². The van der Waals surface area contributed by atoms with Crippen molar-refractivity contribution < 1.29 is 9.84 Å². The summed E-state index contributed by atoms with van der Waals surface area (Å²) in [5.41, 5.74) is 2.61. The van der Waals surface area contributed by atoms with Gasteiger partial charge in [-0.15, -0.1) is 0 Å². The lowest BCUT2D eigenvalue weighted by Gasteiger charge is -2.12. The Balaban J connectivity index is 2.32. The van der Waals surface area contributed by atoms with Crippen LogP contribution in [0, 0.1) is 0 Å². The molecule has 4 heteroatoms. The molecule has 0 saturated carbocycles. The Morgan fingerprint density at radius 3 is 2.84 bits per heavy atom. The smallest absolute Gasteiger partial charge is 0.119 e. The van der Waals surface area contributed by atoms with Gasteiger partial charge >= 0.3 is 0 Å². The first-order valence-corrected chi connectivity index (χ1v) is 6.59. The fraction of sp³-hybridized carbons (Fsp3) is 0.400. The molecule has 0 spiro atoms. The van der Waals surface area contributed by atoms with Crippen LogP contribution in [0.15, 0.2) is 30.5 Å². The zero-order chi connectivity index (χ0) is 13.8. The van der Waals surface area contributed by atoms with Gasteiger partial charge < -0.3 is 9.84 Å². The molecule has 1 aromatic heterocycles. The van der Waals surface area contributed by atoms with Gasteiger partial charge in [0.1, 0.15) is 11.9 Å². The van der Waals surface area contributed by atoms with Gasteiger partial charge in [0.15, 0.2) is 0 Å². The monoisotopic (exact) mass is 260 g/mol. The van der Waals surface area contributed by atoms with Crippen LogP contribution in [0.1, 0.15) is 36.8 Å². The van der Waals surface area contributed by atoms with E-state index in [1.807, 2.05) is 51.4 Å². The summed E-state index contributed by atoms with van der Waals surface area (Å²) in [7, 11) is 1.87. The van der Waals surface area contributed by atoms with Crippen molar-refractivity contribution in [2.45, 2.75) is 26.4 Å². The average Bonchev–Trinajstić information content (AvgIpc) is 2.80. The second kappa shape index (κ2) is 5.89. The zero-order valence-corrected chi connectivity index (χ0v) is 11.6. The summed E-state index contributed by atoms with van der Waals surface area (Å²) in [4.78, 5) is 0. The molecule has 4 nitrogen and oxygen atoms in total. The molecule has 1 aromatic carbocycles. The highest BCUT2D eigenvalue weighted by Gasteiger charge is 2.17. The van der Waals surface area contributed by atoms with Crippen molar-refractivity contribution in [3.63, 3.8) is 0 Å². The van der Waals surface area contributed by atoms with E-state index in [1.54, 1.807) is 4.68 Å². The van der Waals surface area contributed by atoms with Crippen molar-refractivity contribution in [2.24, 2.45) is 7.05 Å². The van der Waals surface area contributed by atoms with Gasteiger partial charge in [0.2, 0.25) is 0 Å².